The summed E-state index contributed by atoms with van der Waals surface area (Å²) in [6.07, 6.45) is 1.47. The Labute approximate surface area is 148 Å². The van der Waals surface area contributed by atoms with E-state index in [1.54, 1.807) is 24.3 Å². The molecule has 0 aliphatic rings. The van der Waals surface area contributed by atoms with Gasteiger partial charge in [0.25, 0.3) is 5.56 Å². The Morgan fingerprint density at radius 1 is 0.962 bits per heavy atom. The molecule has 0 unspecified atom stereocenters. The highest BCUT2D eigenvalue weighted by molar-refractivity contribution is 5.91. The van der Waals surface area contributed by atoms with Crippen molar-refractivity contribution in [1.82, 2.24) is 14.5 Å². The van der Waals surface area contributed by atoms with Gasteiger partial charge in [0.1, 0.15) is 12.3 Å². The predicted octanol–water partition coefficient (Wildman–Crippen LogP) is 2.80. The van der Waals surface area contributed by atoms with Gasteiger partial charge in [-0.15, -0.1) is 0 Å². The van der Waals surface area contributed by atoms with Crippen molar-refractivity contribution >= 4 is 27.8 Å². The van der Waals surface area contributed by atoms with Gasteiger partial charge in [-0.1, -0.05) is 36.4 Å². The first-order chi connectivity index (χ1) is 12.7. The number of pyridine rings is 1. The Morgan fingerprint density at radius 3 is 2.62 bits per heavy atom. The Morgan fingerprint density at radius 2 is 1.73 bits per heavy atom. The summed E-state index contributed by atoms with van der Waals surface area (Å²) in [5.41, 5.74) is 1.46. The van der Waals surface area contributed by atoms with Crippen LogP contribution in [0.2, 0.25) is 0 Å². The summed E-state index contributed by atoms with van der Waals surface area (Å²) in [6.45, 7) is 0.295. The number of ether oxygens (including phenoxy) is 1. The number of hydrogen-bond acceptors (Lipinski definition) is 5. The number of esters is 1. The van der Waals surface area contributed by atoms with Crippen molar-refractivity contribution in [3.63, 3.8) is 0 Å². The number of fused-ring (bicyclic) bond motifs is 2. The molecule has 2 heterocycles. The van der Waals surface area contributed by atoms with Gasteiger partial charge in [0.2, 0.25) is 0 Å². The summed E-state index contributed by atoms with van der Waals surface area (Å²) in [5, 5.41) is 1.50. The molecule has 4 aromatic rings. The van der Waals surface area contributed by atoms with Gasteiger partial charge >= 0.3 is 5.97 Å². The first kappa shape index (κ1) is 16.0. The van der Waals surface area contributed by atoms with E-state index in [0.717, 1.165) is 10.9 Å². The van der Waals surface area contributed by atoms with Crippen LogP contribution in [0, 0.1) is 0 Å². The summed E-state index contributed by atoms with van der Waals surface area (Å²) in [4.78, 5) is 33.1. The van der Waals surface area contributed by atoms with E-state index in [1.165, 1.54) is 10.9 Å². The van der Waals surface area contributed by atoms with Crippen LogP contribution in [0.4, 0.5) is 0 Å². The van der Waals surface area contributed by atoms with Gasteiger partial charge in [-0.2, -0.15) is 0 Å². The molecule has 0 radical (unpaired) electrons. The van der Waals surface area contributed by atoms with Crippen LogP contribution < -0.4 is 5.56 Å². The molecule has 0 spiro atoms. The van der Waals surface area contributed by atoms with Crippen LogP contribution in [0.25, 0.3) is 21.8 Å². The van der Waals surface area contributed by atoms with E-state index in [9.17, 15) is 9.59 Å². The van der Waals surface area contributed by atoms with Crippen LogP contribution in [0.3, 0.4) is 0 Å². The normalized spacial score (nSPS) is 10.9. The van der Waals surface area contributed by atoms with E-state index in [0.29, 0.717) is 10.9 Å². The molecule has 0 aliphatic heterocycles. The standard InChI is InChI=1S/C20H15N3O3/c24-19-15-6-2-4-8-17(15)21-13-23(19)11-12-26-20(25)18-10-9-14-5-1-3-7-16(14)22-18/h1-10,13H,11-12H2. The molecular formula is C20H15N3O3. The molecule has 2 aromatic carbocycles. The van der Waals surface area contributed by atoms with Crippen LogP contribution >= 0.6 is 0 Å². The van der Waals surface area contributed by atoms with E-state index >= 15 is 0 Å². The lowest BCUT2D eigenvalue weighted by atomic mass is 10.2. The van der Waals surface area contributed by atoms with Crippen molar-refractivity contribution in [1.29, 1.82) is 0 Å². The lowest BCUT2D eigenvalue weighted by Gasteiger charge is -2.08. The number of para-hydroxylation sites is 2. The number of rotatable bonds is 4. The molecule has 128 valence electrons. The molecule has 0 fully saturated rings. The zero-order chi connectivity index (χ0) is 17.9. The predicted molar refractivity (Wildman–Crippen MR) is 98.0 cm³/mol. The maximum Gasteiger partial charge on any atom is 0.357 e. The second kappa shape index (κ2) is 6.76. The zero-order valence-corrected chi connectivity index (χ0v) is 13.8. The van der Waals surface area contributed by atoms with E-state index in [4.69, 9.17) is 4.74 Å². The van der Waals surface area contributed by atoms with Gasteiger partial charge in [0, 0.05) is 5.39 Å². The maximum atomic E-state index is 12.4. The number of carbonyl (C=O) groups is 1. The number of aromatic nitrogens is 3. The van der Waals surface area contributed by atoms with E-state index in [-0.39, 0.29) is 24.4 Å². The monoisotopic (exact) mass is 345 g/mol. The SMILES string of the molecule is O=C(OCCn1cnc2ccccc2c1=O)c1ccc2ccccc2n1. The number of nitrogens with zero attached hydrogens (tertiary/aromatic N) is 3. The van der Waals surface area contributed by atoms with Crippen molar-refractivity contribution in [2.75, 3.05) is 6.61 Å². The molecule has 0 saturated carbocycles. The van der Waals surface area contributed by atoms with Gasteiger partial charge in [-0.25, -0.2) is 14.8 Å². The van der Waals surface area contributed by atoms with E-state index in [2.05, 4.69) is 9.97 Å². The fourth-order valence-electron chi connectivity index (χ4n) is 2.76. The molecule has 26 heavy (non-hydrogen) atoms. The summed E-state index contributed by atoms with van der Waals surface area (Å²) in [7, 11) is 0. The Bertz CT molecular complexity index is 1170. The van der Waals surface area contributed by atoms with Gasteiger partial charge in [-0.3, -0.25) is 9.36 Å². The number of carbonyl (C=O) groups excluding carboxylic acids is 1. The molecule has 0 N–H and O–H groups in total. The van der Waals surface area contributed by atoms with E-state index in [1.807, 2.05) is 36.4 Å². The molecule has 2 aromatic heterocycles. The van der Waals surface area contributed by atoms with Crippen LogP contribution in [-0.4, -0.2) is 27.1 Å². The Hall–Kier alpha value is -3.54. The number of hydrogen-bond donors (Lipinski definition) is 0. The maximum absolute atomic E-state index is 12.4. The Kier molecular flexibility index (Phi) is 4.15. The lowest BCUT2D eigenvalue weighted by molar-refractivity contribution is 0.0483. The number of benzene rings is 2. The smallest absolute Gasteiger partial charge is 0.357 e. The molecule has 6 heteroatoms. The van der Waals surface area contributed by atoms with Crippen molar-refractivity contribution in [2.45, 2.75) is 6.54 Å². The van der Waals surface area contributed by atoms with E-state index < -0.39 is 5.97 Å². The molecule has 0 aliphatic carbocycles. The summed E-state index contributed by atoms with van der Waals surface area (Å²) >= 11 is 0. The first-order valence-corrected chi connectivity index (χ1v) is 8.19. The fraction of sp³-hybridized carbons (Fsp3) is 0.100. The highest BCUT2D eigenvalue weighted by atomic mass is 16.5. The summed E-state index contributed by atoms with van der Waals surface area (Å²) in [5.74, 6) is -0.516. The van der Waals surface area contributed by atoms with Crippen LogP contribution in [-0.2, 0) is 11.3 Å². The summed E-state index contributed by atoms with van der Waals surface area (Å²) in [6, 6.07) is 18.1. The minimum atomic E-state index is -0.516. The van der Waals surface area contributed by atoms with Crippen LogP contribution in [0.5, 0.6) is 0 Å². The van der Waals surface area contributed by atoms with Gasteiger partial charge in [0.15, 0.2) is 0 Å². The molecule has 6 nitrogen and oxygen atoms in total. The van der Waals surface area contributed by atoms with Crippen LogP contribution in [0.1, 0.15) is 10.5 Å². The van der Waals surface area contributed by atoms with Crippen molar-refractivity contribution < 1.29 is 9.53 Å². The topological polar surface area (TPSA) is 74.1 Å². The highest BCUT2D eigenvalue weighted by Crippen LogP contribution is 2.12. The molecule has 0 bridgehead atoms. The minimum absolute atomic E-state index is 0.0628. The largest absolute Gasteiger partial charge is 0.459 e. The Balaban J connectivity index is 1.46. The fourth-order valence-corrected chi connectivity index (χ4v) is 2.76. The average molecular weight is 345 g/mol. The van der Waals surface area contributed by atoms with Gasteiger partial charge < -0.3 is 4.74 Å². The van der Waals surface area contributed by atoms with Crippen LogP contribution in [0.15, 0.2) is 71.8 Å². The third-order valence-corrected chi connectivity index (χ3v) is 4.10. The van der Waals surface area contributed by atoms with Gasteiger partial charge in [-0.05, 0) is 24.3 Å². The molecule has 0 saturated heterocycles. The first-order valence-electron chi connectivity index (χ1n) is 8.19. The highest BCUT2D eigenvalue weighted by Gasteiger charge is 2.10. The molecular weight excluding hydrogens is 330 g/mol. The van der Waals surface area contributed by atoms with Crippen molar-refractivity contribution in [2.24, 2.45) is 0 Å². The molecule has 4 rings (SSSR count). The third kappa shape index (κ3) is 3.04. The zero-order valence-electron chi connectivity index (χ0n) is 13.8. The molecule has 0 amide bonds. The molecule has 0 atom stereocenters. The third-order valence-electron chi connectivity index (χ3n) is 4.10. The lowest BCUT2D eigenvalue weighted by Crippen LogP contribution is -2.23. The second-order valence-electron chi connectivity index (χ2n) is 5.79. The van der Waals surface area contributed by atoms with Gasteiger partial charge in [0.05, 0.1) is 29.3 Å². The second-order valence-corrected chi connectivity index (χ2v) is 5.79. The quantitative estimate of drug-likeness (QED) is 0.532. The van der Waals surface area contributed by atoms with Crippen molar-refractivity contribution in [3.05, 3.63) is 83.0 Å². The summed E-state index contributed by atoms with van der Waals surface area (Å²) < 4.78 is 6.69. The van der Waals surface area contributed by atoms with Crippen molar-refractivity contribution in [3.8, 4) is 0 Å². The minimum Gasteiger partial charge on any atom is -0.459 e. The average Bonchev–Trinajstić information content (AvgIpc) is 2.69.